The Morgan fingerprint density at radius 2 is 0.487 bits per heavy atom. The van der Waals surface area contributed by atoms with Crippen LogP contribution in [0.3, 0.4) is 0 Å². The maximum Gasteiger partial charge on any atom is 0.306 e. The third-order valence-electron chi connectivity index (χ3n) is 15.2. The molecule has 462 valence electrons. The first kappa shape index (κ1) is 76.6. The van der Waals surface area contributed by atoms with Gasteiger partial charge < -0.3 is 14.2 Å². The zero-order valence-corrected chi connectivity index (χ0v) is 53.1. The molecule has 0 radical (unpaired) electrons. The first-order valence-electron chi connectivity index (χ1n) is 34.6. The number of carbonyl (C=O) groups excluding carboxylic acids is 3. The molecule has 80 heavy (non-hydrogen) atoms. The van der Waals surface area contributed by atoms with Gasteiger partial charge >= 0.3 is 17.9 Å². The Labute approximate surface area is 496 Å². The summed E-state index contributed by atoms with van der Waals surface area (Å²) in [4.78, 5) is 38.2. The highest BCUT2D eigenvalue weighted by Gasteiger charge is 2.19. The van der Waals surface area contributed by atoms with E-state index in [1.54, 1.807) is 0 Å². The molecule has 1 unspecified atom stereocenters. The molecule has 0 aromatic heterocycles. The minimum absolute atomic E-state index is 0.0721. The predicted octanol–water partition coefficient (Wildman–Crippen LogP) is 23.8. The smallest absolute Gasteiger partial charge is 0.306 e. The Morgan fingerprint density at radius 3 is 0.762 bits per heavy atom. The summed E-state index contributed by atoms with van der Waals surface area (Å²) in [5, 5.41) is 0. The summed E-state index contributed by atoms with van der Waals surface area (Å²) in [5.74, 6) is -0.864. The molecule has 0 bridgehead atoms. The van der Waals surface area contributed by atoms with Crippen molar-refractivity contribution >= 4 is 17.9 Å². The lowest BCUT2D eigenvalue weighted by Gasteiger charge is -2.18. The van der Waals surface area contributed by atoms with E-state index in [4.69, 9.17) is 14.2 Å². The van der Waals surface area contributed by atoms with Gasteiger partial charge in [0.25, 0.3) is 0 Å². The highest BCUT2D eigenvalue weighted by molar-refractivity contribution is 5.71. The first-order chi connectivity index (χ1) is 39.5. The normalized spacial score (nSPS) is 12.6. The number of unbranched alkanes of at least 4 members (excludes halogenated alkanes) is 38. The van der Waals surface area contributed by atoms with Crippen molar-refractivity contribution in [3.8, 4) is 0 Å². The van der Waals surface area contributed by atoms with E-state index >= 15 is 0 Å². The maximum atomic E-state index is 12.9. The Balaban J connectivity index is 4.07. The second-order valence-electron chi connectivity index (χ2n) is 23.1. The van der Waals surface area contributed by atoms with E-state index in [9.17, 15) is 14.4 Å². The van der Waals surface area contributed by atoms with Crippen LogP contribution in [0.15, 0.2) is 85.1 Å². The fraction of sp³-hybridized carbons (Fsp3) is 0.770. The largest absolute Gasteiger partial charge is 0.462 e. The van der Waals surface area contributed by atoms with Gasteiger partial charge in [0.1, 0.15) is 13.2 Å². The number of allylic oxidation sites excluding steroid dienone is 14. The molecule has 6 heteroatoms. The van der Waals surface area contributed by atoms with E-state index in [1.807, 2.05) is 0 Å². The monoisotopic (exact) mass is 1110 g/mol. The molecule has 0 spiro atoms. The summed E-state index contributed by atoms with van der Waals surface area (Å²) >= 11 is 0. The molecule has 0 aliphatic heterocycles. The lowest BCUT2D eigenvalue weighted by atomic mass is 10.0. The van der Waals surface area contributed by atoms with Gasteiger partial charge in [0.15, 0.2) is 6.10 Å². The van der Waals surface area contributed by atoms with Crippen LogP contribution in [-0.4, -0.2) is 37.2 Å². The van der Waals surface area contributed by atoms with E-state index in [0.29, 0.717) is 19.3 Å². The average Bonchev–Trinajstić information content (AvgIpc) is 3.46. The number of carbonyl (C=O) groups is 3. The second kappa shape index (κ2) is 68.1. The molecule has 0 heterocycles. The van der Waals surface area contributed by atoms with E-state index in [1.165, 1.54) is 205 Å². The van der Waals surface area contributed by atoms with Crippen LogP contribution >= 0.6 is 0 Å². The van der Waals surface area contributed by atoms with Gasteiger partial charge in [-0.1, -0.05) is 337 Å². The van der Waals surface area contributed by atoms with Crippen molar-refractivity contribution in [1.29, 1.82) is 0 Å². The Morgan fingerprint density at radius 1 is 0.263 bits per heavy atom. The van der Waals surface area contributed by atoms with Crippen molar-refractivity contribution in [2.24, 2.45) is 0 Å². The van der Waals surface area contributed by atoms with Crippen LogP contribution < -0.4 is 0 Å². The molecule has 0 aromatic rings. The Hall–Kier alpha value is -3.41. The van der Waals surface area contributed by atoms with Gasteiger partial charge in [-0.3, -0.25) is 14.4 Å². The summed E-state index contributed by atoms with van der Waals surface area (Å²) in [6.07, 6.45) is 90.6. The number of hydrogen-bond donors (Lipinski definition) is 0. The van der Waals surface area contributed by atoms with Crippen LogP contribution in [0.4, 0.5) is 0 Å². The molecule has 1 atom stereocenters. The molecule has 0 aliphatic rings. The lowest BCUT2D eigenvalue weighted by molar-refractivity contribution is -0.167. The minimum Gasteiger partial charge on any atom is -0.462 e. The highest BCUT2D eigenvalue weighted by atomic mass is 16.6. The van der Waals surface area contributed by atoms with E-state index in [2.05, 4.69) is 106 Å². The van der Waals surface area contributed by atoms with Crippen LogP contribution in [0, 0.1) is 0 Å². The number of hydrogen-bond acceptors (Lipinski definition) is 6. The van der Waals surface area contributed by atoms with Crippen molar-refractivity contribution in [3.63, 3.8) is 0 Å². The molecular formula is C74H130O6. The molecule has 0 amide bonds. The summed E-state index contributed by atoms with van der Waals surface area (Å²) in [6.45, 7) is 6.53. The van der Waals surface area contributed by atoms with Crippen molar-refractivity contribution in [2.75, 3.05) is 13.2 Å². The van der Waals surface area contributed by atoms with Crippen molar-refractivity contribution in [1.82, 2.24) is 0 Å². The zero-order valence-electron chi connectivity index (χ0n) is 53.1. The summed E-state index contributed by atoms with van der Waals surface area (Å²) < 4.78 is 16.9. The van der Waals surface area contributed by atoms with Crippen molar-refractivity contribution in [3.05, 3.63) is 85.1 Å². The molecule has 0 N–H and O–H groups in total. The van der Waals surface area contributed by atoms with Crippen LogP contribution in [-0.2, 0) is 28.6 Å². The second-order valence-corrected chi connectivity index (χ2v) is 23.1. The van der Waals surface area contributed by atoms with E-state index < -0.39 is 6.10 Å². The number of rotatable bonds is 63. The van der Waals surface area contributed by atoms with Gasteiger partial charge in [-0.25, -0.2) is 0 Å². The quantitative estimate of drug-likeness (QED) is 0.0261. The van der Waals surface area contributed by atoms with E-state index in [-0.39, 0.29) is 31.1 Å². The van der Waals surface area contributed by atoms with Crippen LogP contribution in [0.5, 0.6) is 0 Å². The summed E-state index contributed by atoms with van der Waals surface area (Å²) in [5.41, 5.74) is 0. The van der Waals surface area contributed by atoms with Crippen LogP contribution in [0.2, 0.25) is 0 Å². The van der Waals surface area contributed by atoms with Crippen LogP contribution in [0.1, 0.15) is 348 Å². The number of ether oxygens (including phenoxy) is 3. The van der Waals surface area contributed by atoms with E-state index in [0.717, 1.165) is 103 Å². The van der Waals surface area contributed by atoms with Crippen molar-refractivity contribution in [2.45, 2.75) is 354 Å². The highest BCUT2D eigenvalue weighted by Crippen LogP contribution is 2.18. The lowest BCUT2D eigenvalue weighted by Crippen LogP contribution is -2.30. The molecule has 0 saturated heterocycles. The molecule has 0 aliphatic carbocycles. The first-order valence-corrected chi connectivity index (χ1v) is 34.6. The molecule has 6 nitrogen and oxygen atoms in total. The van der Waals surface area contributed by atoms with Gasteiger partial charge in [-0.15, -0.1) is 0 Å². The molecule has 0 fully saturated rings. The zero-order chi connectivity index (χ0) is 57.8. The predicted molar refractivity (Wildman–Crippen MR) is 348 cm³/mol. The summed E-state index contributed by atoms with van der Waals surface area (Å²) in [7, 11) is 0. The van der Waals surface area contributed by atoms with Gasteiger partial charge in [0, 0.05) is 19.3 Å². The Bertz CT molecular complexity index is 1520. The molecule has 0 rings (SSSR count). The number of esters is 3. The van der Waals surface area contributed by atoms with Gasteiger partial charge in [-0.2, -0.15) is 0 Å². The standard InChI is InChI=1S/C74H130O6/c1-4-7-10-13-16-18-20-22-24-26-28-30-32-33-34-35-36-37-38-39-40-41-42-44-45-47-49-51-53-55-58-61-64-67-73(76)79-70-71(69-78-72(75)66-63-60-57-15-12-9-6-3)80-74(77)68-65-62-59-56-54-52-50-48-46-43-31-29-27-25-23-21-19-17-14-11-8-5-2/h7,10,16,18,22,24,28,30,33-34,36-37,39-40,71H,4-6,8-9,11-15,17,19-21,23,25-27,29,31-32,35,38,41-70H2,1-3H3/b10-7-,18-16-,24-22-,30-28-,34-33-,37-36-,40-39-. The Kier molecular flexibility index (Phi) is 65.2. The molecule has 0 saturated carbocycles. The fourth-order valence-corrected chi connectivity index (χ4v) is 10.0. The molecule has 0 aromatic carbocycles. The maximum absolute atomic E-state index is 12.9. The topological polar surface area (TPSA) is 78.9 Å². The van der Waals surface area contributed by atoms with Crippen LogP contribution in [0.25, 0.3) is 0 Å². The van der Waals surface area contributed by atoms with Crippen molar-refractivity contribution < 1.29 is 28.6 Å². The van der Waals surface area contributed by atoms with Gasteiger partial charge in [-0.05, 0) is 77.0 Å². The summed E-state index contributed by atoms with van der Waals surface area (Å²) in [6, 6.07) is 0. The fourth-order valence-electron chi connectivity index (χ4n) is 10.0. The SMILES string of the molecule is CC/C=C\C/C=C\C/C=C\C/C=C\C/C=C\C/C=C\C/C=C\CCCCCCCCCCCCCC(=O)OCC(COC(=O)CCCCCCCCC)OC(=O)CCCCCCCCCCCCCCCCCCCCCCCC. The van der Waals surface area contributed by atoms with Gasteiger partial charge in [0.2, 0.25) is 0 Å². The minimum atomic E-state index is -0.773. The third-order valence-corrected chi connectivity index (χ3v) is 15.2. The average molecular weight is 1120 g/mol. The molecular weight excluding hydrogens is 985 g/mol. The van der Waals surface area contributed by atoms with Gasteiger partial charge in [0.05, 0.1) is 0 Å². The third kappa shape index (κ3) is 65.4.